The van der Waals surface area contributed by atoms with Gasteiger partial charge >= 0.3 is 6.18 Å². The second-order valence-electron chi connectivity index (χ2n) is 9.76. The van der Waals surface area contributed by atoms with Crippen LogP contribution in [0, 0.1) is 5.82 Å². The second-order valence-corrected chi connectivity index (χ2v) is 9.76. The van der Waals surface area contributed by atoms with E-state index in [0.717, 1.165) is 12.8 Å². The van der Waals surface area contributed by atoms with Crippen molar-refractivity contribution in [2.24, 2.45) is 0 Å². The SMILES string of the molecule is Cl.OCC1(c2cc(F)cc3ccc(-c4nnc5ccc([C@@H](N6CC[C@H](O)C6)C(F)(F)F)cn45)nc23)CC1. The van der Waals surface area contributed by atoms with Gasteiger partial charge in [-0.25, -0.2) is 9.37 Å². The molecule has 1 saturated carbocycles. The molecular weight excluding hydrogens is 514 g/mol. The number of aromatic nitrogens is 4. The Labute approximate surface area is 215 Å². The quantitative estimate of drug-likeness (QED) is 0.371. The molecule has 37 heavy (non-hydrogen) atoms. The van der Waals surface area contributed by atoms with Crippen LogP contribution in [-0.2, 0) is 5.41 Å². The largest absolute Gasteiger partial charge is 0.408 e. The van der Waals surface area contributed by atoms with E-state index in [1.807, 2.05) is 0 Å². The number of benzene rings is 1. The zero-order valence-corrected chi connectivity index (χ0v) is 20.3. The van der Waals surface area contributed by atoms with E-state index in [2.05, 4.69) is 10.2 Å². The molecule has 0 amide bonds. The number of halogens is 5. The lowest BCUT2D eigenvalue weighted by Crippen LogP contribution is -2.37. The van der Waals surface area contributed by atoms with Crippen molar-refractivity contribution in [2.75, 3.05) is 19.7 Å². The first kappa shape index (κ1) is 25.8. The van der Waals surface area contributed by atoms with Crippen LogP contribution in [0.1, 0.15) is 36.4 Å². The number of pyridine rings is 2. The third kappa shape index (κ3) is 4.43. The first-order valence-corrected chi connectivity index (χ1v) is 11.7. The number of hydrogen-bond acceptors (Lipinski definition) is 6. The van der Waals surface area contributed by atoms with E-state index in [1.165, 1.54) is 39.8 Å². The maximum absolute atomic E-state index is 14.3. The standard InChI is InChI=1S/C25H23F4N5O2.ClH/c26-16-9-14-1-3-19(30-21(14)18(10-16)24(13-35)6-7-24)23-32-31-20-4-2-15(11-34(20)23)22(25(27,28)29)33-8-5-17(36)12-33;/h1-4,9-11,17,22,35-36H,5-8,12-13H2;1H/t17-,22+;/m0./s1. The lowest BCUT2D eigenvalue weighted by Gasteiger charge is -2.29. The summed E-state index contributed by atoms with van der Waals surface area (Å²) in [5.74, 6) is -0.171. The van der Waals surface area contributed by atoms with Crippen molar-refractivity contribution in [2.45, 2.75) is 43.0 Å². The van der Waals surface area contributed by atoms with Crippen molar-refractivity contribution in [1.82, 2.24) is 24.5 Å². The predicted octanol–water partition coefficient (Wildman–Crippen LogP) is 4.20. The molecule has 1 aliphatic carbocycles. The van der Waals surface area contributed by atoms with Crippen LogP contribution in [0.25, 0.3) is 28.1 Å². The molecule has 7 nitrogen and oxygen atoms in total. The van der Waals surface area contributed by atoms with Gasteiger partial charge in [0.1, 0.15) is 17.6 Å². The van der Waals surface area contributed by atoms with Crippen molar-refractivity contribution in [3.63, 3.8) is 0 Å². The number of aliphatic hydroxyl groups excluding tert-OH is 2. The van der Waals surface area contributed by atoms with Gasteiger partial charge in [-0.2, -0.15) is 13.2 Å². The number of nitrogens with zero attached hydrogens (tertiary/aromatic N) is 5. The fourth-order valence-corrected chi connectivity index (χ4v) is 5.24. The highest BCUT2D eigenvalue weighted by Gasteiger charge is 2.47. The molecule has 0 spiro atoms. The van der Waals surface area contributed by atoms with Crippen molar-refractivity contribution >= 4 is 29.0 Å². The van der Waals surface area contributed by atoms with Crippen LogP contribution in [0.2, 0.25) is 0 Å². The second kappa shape index (κ2) is 9.16. The van der Waals surface area contributed by atoms with Crippen molar-refractivity contribution in [1.29, 1.82) is 0 Å². The molecule has 2 fully saturated rings. The van der Waals surface area contributed by atoms with Gasteiger partial charge in [0.25, 0.3) is 0 Å². The number of fused-ring (bicyclic) bond motifs is 2. The van der Waals surface area contributed by atoms with Crippen LogP contribution in [-0.4, -0.2) is 66.7 Å². The number of alkyl halides is 3. The van der Waals surface area contributed by atoms with E-state index >= 15 is 0 Å². The maximum atomic E-state index is 14.3. The lowest BCUT2D eigenvalue weighted by atomic mass is 9.94. The van der Waals surface area contributed by atoms with Crippen LogP contribution in [0.4, 0.5) is 17.6 Å². The molecule has 0 bridgehead atoms. The molecule has 196 valence electrons. The number of hydrogen-bond donors (Lipinski definition) is 2. The average Bonchev–Trinajstić information content (AvgIpc) is 3.35. The van der Waals surface area contributed by atoms with Crippen molar-refractivity contribution < 1.29 is 27.8 Å². The van der Waals surface area contributed by atoms with E-state index in [1.54, 1.807) is 12.1 Å². The molecule has 2 N–H and O–H groups in total. The Kier molecular flexibility index (Phi) is 6.38. The van der Waals surface area contributed by atoms with Gasteiger partial charge in [-0.3, -0.25) is 9.30 Å². The third-order valence-electron chi connectivity index (χ3n) is 7.32. The predicted molar refractivity (Wildman–Crippen MR) is 130 cm³/mol. The lowest BCUT2D eigenvalue weighted by molar-refractivity contribution is -0.184. The highest BCUT2D eigenvalue weighted by molar-refractivity contribution is 5.86. The van der Waals surface area contributed by atoms with Crippen LogP contribution in [0.15, 0.2) is 42.6 Å². The topological polar surface area (TPSA) is 86.8 Å². The summed E-state index contributed by atoms with van der Waals surface area (Å²) >= 11 is 0. The molecule has 0 radical (unpaired) electrons. The highest BCUT2D eigenvalue weighted by Crippen LogP contribution is 2.50. The minimum absolute atomic E-state index is 0. The zero-order chi connectivity index (χ0) is 25.2. The average molecular weight is 538 g/mol. The summed E-state index contributed by atoms with van der Waals surface area (Å²) in [4.78, 5) is 5.94. The summed E-state index contributed by atoms with van der Waals surface area (Å²) in [6.45, 7) is -0.0509. The monoisotopic (exact) mass is 537 g/mol. The smallest absolute Gasteiger partial charge is 0.395 e. The molecule has 4 heterocycles. The van der Waals surface area contributed by atoms with E-state index < -0.39 is 29.6 Å². The van der Waals surface area contributed by atoms with Crippen molar-refractivity contribution in [3.05, 3.63) is 59.5 Å². The van der Waals surface area contributed by atoms with Crippen LogP contribution in [0.3, 0.4) is 0 Å². The summed E-state index contributed by atoms with van der Waals surface area (Å²) in [6.07, 6.45) is -2.26. The van der Waals surface area contributed by atoms with Gasteiger partial charge in [0, 0.05) is 30.1 Å². The molecule has 2 atom stereocenters. The number of likely N-dealkylation sites (tertiary alicyclic amines) is 1. The molecule has 6 rings (SSSR count). The van der Waals surface area contributed by atoms with Gasteiger partial charge in [-0.05, 0) is 54.7 Å². The summed E-state index contributed by atoms with van der Waals surface area (Å²) in [7, 11) is 0. The molecule has 1 aliphatic heterocycles. The van der Waals surface area contributed by atoms with Crippen molar-refractivity contribution in [3.8, 4) is 11.5 Å². The molecule has 0 unspecified atom stereocenters. The molecule has 1 aromatic carbocycles. The Morgan fingerprint density at radius 1 is 1.11 bits per heavy atom. The minimum Gasteiger partial charge on any atom is -0.395 e. The van der Waals surface area contributed by atoms with Gasteiger partial charge in [0.15, 0.2) is 11.5 Å². The van der Waals surface area contributed by atoms with Gasteiger partial charge in [-0.15, -0.1) is 22.6 Å². The Bertz CT molecular complexity index is 1470. The summed E-state index contributed by atoms with van der Waals surface area (Å²) in [5, 5.41) is 28.6. The minimum atomic E-state index is -4.55. The molecular formula is C25H24ClF4N5O2. The first-order chi connectivity index (χ1) is 17.2. The molecule has 2 aliphatic rings. The van der Waals surface area contributed by atoms with E-state index in [0.29, 0.717) is 27.8 Å². The van der Waals surface area contributed by atoms with E-state index in [4.69, 9.17) is 4.98 Å². The summed E-state index contributed by atoms with van der Waals surface area (Å²) < 4.78 is 58.1. The zero-order valence-electron chi connectivity index (χ0n) is 19.5. The highest BCUT2D eigenvalue weighted by atomic mass is 35.5. The summed E-state index contributed by atoms with van der Waals surface area (Å²) in [5.41, 5.74) is 1.33. The van der Waals surface area contributed by atoms with Gasteiger partial charge in [0.2, 0.25) is 0 Å². The Balaban J connectivity index is 0.00000280. The first-order valence-electron chi connectivity index (χ1n) is 11.7. The number of aliphatic hydroxyl groups is 2. The maximum Gasteiger partial charge on any atom is 0.408 e. The molecule has 12 heteroatoms. The molecule has 1 saturated heterocycles. The number of β-amino-alcohol motifs (C(OH)–C–C–N with tert-alkyl or cyclic N) is 1. The van der Waals surface area contributed by atoms with Gasteiger partial charge < -0.3 is 10.2 Å². The van der Waals surface area contributed by atoms with Crippen LogP contribution < -0.4 is 0 Å². The Hall–Kier alpha value is -2.86. The van der Waals surface area contributed by atoms with Gasteiger partial charge in [-0.1, -0.05) is 12.1 Å². The summed E-state index contributed by atoms with van der Waals surface area (Å²) in [6, 6.07) is 7.04. The fourth-order valence-electron chi connectivity index (χ4n) is 5.24. The normalized spacial score (nSPS) is 20.3. The van der Waals surface area contributed by atoms with E-state index in [9.17, 15) is 27.8 Å². The fraction of sp³-hybridized carbons (Fsp3) is 0.400. The number of rotatable bonds is 5. The van der Waals surface area contributed by atoms with Crippen LogP contribution in [0.5, 0.6) is 0 Å². The molecule has 4 aromatic rings. The van der Waals surface area contributed by atoms with Crippen LogP contribution >= 0.6 is 12.4 Å². The third-order valence-corrected chi connectivity index (χ3v) is 7.32. The Morgan fingerprint density at radius 2 is 1.89 bits per heavy atom. The Morgan fingerprint density at radius 3 is 2.54 bits per heavy atom. The molecule has 3 aromatic heterocycles. The van der Waals surface area contributed by atoms with Gasteiger partial charge in [0.05, 0.1) is 18.2 Å². The van der Waals surface area contributed by atoms with E-state index in [-0.39, 0.29) is 49.9 Å².